The van der Waals surface area contributed by atoms with Crippen molar-refractivity contribution < 1.29 is 4.79 Å². The summed E-state index contributed by atoms with van der Waals surface area (Å²) in [5, 5.41) is 0. The molecular weight excluding hydrogens is 214 g/mol. The van der Waals surface area contributed by atoms with Crippen LogP contribution in [0.1, 0.15) is 39.0 Å². The zero-order chi connectivity index (χ0) is 12.4. The standard InChI is InChI=1S/C13H25N3O/c1-10-9-15(2)13(17)12(8-14)16(10)11-6-4-3-5-7-11/h10-12H,3-9,14H2,1-2H3. The predicted molar refractivity (Wildman–Crippen MR) is 68.7 cm³/mol. The van der Waals surface area contributed by atoms with E-state index >= 15 is 0 Å². The average Bonchev–Trinajstić information content (AvgIpc) is 2.34. The first-order valence-corrected chi connectivity index (χ1v) is 6.87. The van der Waals surface area contributed by atoms with Gasteiger partial charge in [0.1, 0.15) is 6.04 Å². The normalized spacial score (nSPS) is 33.1. The highest BCUT2D eigenvalue weighted by molar-refractivity contribution is 5.82. The van der Waals surface area contributed by atoms with Crippen LogP contribution in [0.2, 0.25) is 0 Å². The van der Waals surface area contributed by atoms with E-state index in [4.69, 9.17) is 5.73 Å². The van der Waals surface area contributed by atoms with Gasteiger partial charge in [0.05, 0.1) is 0 Å². The molecule has 98 valence electrons. The molecule has 0 aromatic rings. The van der Waals surface area contributed by atoms with Gasteiger partial charge >= 0.3 is 0 Å². The van der Waals surface area contributed by atoms with Crippen molar-refractivity contribution in [2.45, 2.75) is 57.2 Å². The van der Waals surface area contributed by atoms with Gasteiger partial charge in [-0.05, 0) is 19.8 Å². The largest absolute Gasteiger partial charge is 0.343 e. The molecule has 0 aromatic carbocycles. The summed E-state index contributed by atoms with van der Waals surface area (Å²) in [6.45, 7) is 3.51. The van der Waals surface area contributed by atoms with Crippen molar-refractivity contribution in [1.29, 1.82) is 0 Å². The van der Waals surface area contributed by atoms with Gasteiger partial charge in [-0.15, -0.1) is 0 Å². The minimum atomic E-state index is -0.0909. The van der Waals surface area contributed by atoms with Gasteiger partial charge in [0.25, 0.3) is 0 Å². The lowest BCUT2D eigenvalue weighted by molar-refractivity contribution is -0.145. The van der Waals surface area contributed by atoms with E-state index in [2.05, 4.69) is 11.8 Å². The number of hydrogen-bond donors (Lipinski definition) is 1. The number of amides is 1. The lowest BCUT2D eigenvalue weighted by Gasteiger charge is -2.48. The number of piperazine rings is 1. The molecule has 1 amide bonds. The van der Waals surface area contributed by atoms with Crippen molar-refractivity contribution in [3.63, 3.8) is 0 Å². The summed E-state index contributed by atoms with van der Waals surface area (Å²) in [6, 6.07) is 0.922. The monoisotopic (exact) mass is 239 g/mol. The molecule has 1 saturated heterocycles. The van der Waals surface area contributed by atoms with Gasteiger partial charge in [0.15, 0.2) is 0 Å². The molecule has 2 fully saturated rings. The molecular formula is C13H25N3O. The second-order valence-electron chi connectivity index (χ2n) is 5.56. The van der Waals surface area contributed by atoms with Crippen LogP contribution in [0.5, 0.6) is 0 Å². The van der Waals surface area contributed by atoms with Gasteiger partial charge in [0, 0.05) is 32.2 Å². The molecule has 0 aromatic heterocycles. The Morgan fingerprint density at radius 3 is 2.53 bits per heavy atom. The Labute approximate surface area is 104 Å². The van der Waals surface area contributed by atoms with E-state index in [0.29, 0.717) is 18.6 Å². The number of carbonyl (C=O) groups is 1. The van der Waals surface area contributed by atoms with E-state index in [1.165, 1.54) is 32.1 Å². The molecule has 2 atom stereocenters. The predicted octanol–water partition coefficient (Wildman–Crippen LogP) is 0.809. The Kier molecular flexibility index (Phi) is 4.05. The summed E-state index contributed by atoms with van der Waals surface area (Å²) in [4.78, 5) is 16.4. The number of hydrogen-bond acceptors (Lipinski definition) is 3. The Hall–Kier alpha value is -0.610. The molecule has 2 unspecified atom stereocenters. The smallest absolute Gasteiger partial charge is 0.241 e. The molecule has 1 saturated carbocycles. The van der Waals surface area contributed by atoms with Crippen LogP contribution in [0.3, 0.4) is 0 Å². The van der Waals surface area contributed by atoms with Gasteiger partial charge in [-0.2, -0.15) is 0 Å². The Bertz CT molecular complexity index is 276. The van der Waals surface area contributed by atoms with Gasteiger partial charge in [-0.3, -0.25) is 9.69 Å². The van der Waals surface area contributed by atoms with Crippen molar-refractivity contribution in [3.8, 4) is 0 Å². The van der Waals surface area contributed by atoms with Crippen LogP contribution in [-0.2, 0) is 4.79 Å². The molecule has 2 rings (SSSR count). The first kappa shape index (κ1) is 12.8. The Balaban J connectivity index is 2.13. The van der Waals surface area contributed by atoms with Crippen LogP contribution in [0, 0.1) is 0 Å². The topological polar surface area (TPSA) is 49.6 Å². The molecule has 1 aliphatic heterocycles. The molecule has 4 heteroatoms. The fourth-order valence-corrected chi connectivity index (χ4v) is 3.49. The van der Waals surface area contributed by atoms with E-state index in [9.17, 15) is 4.79 Å². The van der Waals surface area contributed by atoms with Crippen LogP contribution in [0.4, 0.5) is 0 Å². The summed E-state index contributed by atoms with van der Waals surface area (Å²) < 4.78 is 0. The highest BCUT2D eigenvalue weighted by atomic mass is 16.2. The maximum atomic E-state index is 12.2. The second-order valence-corrected chi connectivity index (χ2v) is 5.56. The fraction of sp³-hybridized carbons (Fsp3) is 0.923. The lowest BCUT2D eigenvalue weighted by Crippen LogP contribution is -2.65. The molecule has 2 aliphatic rings. The van der Waals surface area contributed by atoms with E-state index < -0.39 is 0 Å². The van der Waals surface area contributed by atoms with Crippen LogP contribution < -0.4 is 5.73 Å². The third kappa shape index (κ3) is 2.47. The summed E-state index contributed by atoms with van der Waals surface area (Å²) >= 11 is 0. The minimum absolute atomic E-state index is 0.0909. The van der Waals surface area contributed by atoms with Gasteiger partial charge in [0.2, 0.25) is 5.91 Å². The quantitative estimate of drug-likeness (QED) is 0.776. The summed E-state index contributed by atoms with van der Waals surface area (Å²) in [5.41, 5.74) is 5.83. The van der Waals surface area contributed by atoms with E-state index in [1.807, 2.05) is 11.9 Å². The maximum Gasteiger partial charge on any atom is 0.241 e. The zero-order valence-electron chi connectivity index (χ0n) is 11.1. The fourth-order valence-electron chi connectivity index (χ4n) is 3.49. The highest BCUT2D eigenvalue weighted by Gasteiger charge is 2.40. The number of carbonyl (C=O) groups excluding carboxylic acids is 1. The molecule has 0 spiro atoms. The third-order valence-corrected chi connectivity index (χ3v) is 4.29. The van der Waals surface area contributed by atoms with Crippen LogP contribution >= 0.6 is 0 Å². The second kappa shape index (κ2) is 5.36. The minimum Gasteiger partial charge on any atom is -0.343 e. The average molecular weight is 239 g/mol. The molecule has 1 aliphatic carbocycles. The molecule has 1 heterocycles. The number of likely N-dealkylation sites (N-methyl/N-ethyl adjacent to an activating group) is 1. The van der Waals surface area contributed by atoms with Gasteiger partial charge in [-0.25, -0.2) is 0 Å². The molecule has 0 bridgehead atoms. The van der Waals surface area contributed by atoms with E-state index in [0.717, 1.165) is 6.54 Å². The molecule has 4 nitrogen and oxygen atoms in total. The van der Waals surface area contributed by atoms with Gasteiger partial charge < -0.3 is 10.6 Å². The molecule has 0 radical (unpaired) electrons. The summed E-state index contributed by atoms with van der Waals surface area (Å²) in [7, 11) is 1.89. The SMILES string of the molecule is CC1CN(C)C(=O)C(CN)N1C1CCCCC1. The van der Waals surface area contributed by atoms with Crippen molar-refractivity contribution >= 4 is 5.91 Å². The summed E-state index contributed by atoms with van der Waals surface area (Å²) in [5.74, 6) is 0.205. The van der Waals surface area contributed by atoms with Crippen molar-refractivity contribution in [2.24, 2.45) is 5.73 Å². The van der Waals surface area contributed by atoms with Crippen molar-refractivity contribution in [1.82, 2.24) is 9.80 Å². The Morgan fingerprint density at radius 2 is 1.94 bits per heavy atom. The maximum absolute atomic E-state index is 12.2. The number of rotatable bonds is 2. The van der Waals surface area contributed by atoms with Crippen LogP contribution in [0.25, 0.3) is 0 Å². The first-order valence-electron chi connectivity index (χ1n) is 6.87. The number of nitrogens with zero attached hydrogens (tertiary/aromatic N) is 2. The first-order chi connectivity index (χ1) is 8.15. The zero-order valence-corrected chi connectivity index (χ0v) is 11.1. The van der Waals surface area contributed by atoms with Crippen molar-refractivity contribution in [2.75, 3.05) is 20.1 Å². The molecule has 2 N–H and O–H groups in total. The lowest BCUT2D eigenvalue weighted by atomic mass is 9.90. The van der Waals surface area contributed by atoms with E-state index in [1.54, 1.807) is 0 Å². The van der Waals surface area contributed by atoms with Gasteiger partial charge in [-0.1, -0.05) is 19.3 Å². The molecule has 17 heavy (non-hydrogen) atoms. The van der Waals surface area contributed by atoms with E-state index in [-0.39, 0.29) is 11.9 Å². The Morgan fingerprint density at radius 1 is 1.29 bits per heavy atom. The summed E-state index contributed by atoms with van der Waals surface area (Å²) in [6.07, 6.45) is 6.42. The van der Waals surface area contributed by atoms with Crippen LogP contribution in [0.15, 0.2) is 0 Å². The van der Waals surface area contributed by atoms with Crippen LogP contribution in [-0.4, -0.2) is 54.0 Å². The van der Waals surface area contributed by atoms with Crippen molar-refractivity contribution in [3.05, 3.63) is 0 Å². The highest BCUT2D eigenvalue weighted by Crippen LogP contribution is 2.28. The number of nitrogens with two attached hydrogens (primary N) is 1. The third-order valence-electron chi connectivity index (χ3n) is 4.29.